The molecular weight excluding hydrogens is 1270 g/mol. The molecule has 0 aromatic rings. The summed E-state index contributed by atoms with van der Waals surface area (Å²) in [6.45, 7) is 1.74. The summed E-state index contributed by atoms with van der Waals surface area (Å²) in [5.74, 6) is -0.287. The Kier molecular flexibility index (Phi) is 56.5. The quantitative estimate of drug-likeness (QED) is 0.0199. The van der Waals surface area contributed by atoms with E-state index in [1.54, 1.807) is 6.08 Å². The lowest BCUT2D eigenvalue weighted by molar-refractivity contribution is -0.379. The molecular formula is C81H147NO18. The smallest absolute Gasteiger partial charge is 0.220 e. The van der Waals surface area contributed by atoms with E-state index in [9.17, 15) is 61.0 Å². The molecule has 19 nitrogen and oxygen atoms in total. The highest BCUT2D eigenvalue weighted by atomic mass is 16.8. The summed E-state index contributed by atoms with van der Waals surface area (Å²) >= 11 is 0. The van der Waals surface area contributed by atoms with Crippen molar-refractivity contribution in [3.63, 3.8) is 0 Å². The van der Waals surface area contributed by atoms with Gasteiger partial charge in [0, 0.05) is 6.42 Å². The Bertz CT molecular complexity index is 2040. The molecule has 0 saturated carbocycles. The van der Waals surface area contributed by atoms with Crippen LogP contribution >= 0.6 is 0 Å². The summed E-state index contributed by atoms with van der Waals surface area (Å²) < 4.78 is 34.4. The van der Waals surface area contributed by atoms with Crippen molar-refractivity contribution >= 4 is 5.91 Å². The molecule has 12 N–H and O–H groups in total. The molecule has 0 aromatic carbocycles. The van der Waals surface area contributed by atoms with Gasteiger partial charge in [0.25, 0.3) is 0 Å². The van der Waals surface area contributed by atoms with Gasteiger partial charge < -0.3 is 89.9 Å². The zero-order chi connectivity index (χ0) is 72.5. The van der Waals surface area contributed by atoms with Gasteiger partial charge in [-0.2, -0.15) is 0 Å². The van der Waals surface area contributed by atoms with Crippen LogP contribution in [0.1, 0.15) is 316 Å². The molecule has 3 saturated heterocycles. The van der Waals surface area contributed by atoms with Crippen LogP contribution in [0.2, 0.25) is 0 Å². The Hall–Kier alpha value is -2.51. The molecule has 3 fully saturated rings. The largest absolute Gasteiger partial charge is 0.394 e. The van der Waals surface area contributed by atoms with E-state index in [2.05, 4.69) is 67.8 Å². The molecule has 0 radical (unpaired) electrons. The summed E-state index contributed by atoms with van der Waals surface area (Å²) in [5.41, 5.74) is 0. The van der Waals surface area contributed by atoms with Crippen LogP contribution in [0.5, 0.6) is 0 Å². The second-order valence-electron chi connectivity index (χ2n) is 28.9. The van der Waals surface area contributed by atoms with Crippen LogP contribution in [0.4, 0.5) is 0 Å². The zero-order valence-corrected chi connectivity index (χ0v) is 62.4. The number of ether oxygens (including phenoxy) is 6. The van der Waals surface area contributed by atoms with Crippen molar-refractivity contribution in [1.29, 1.82) is 0 Å². The topological polar surface area (TPSA) is 307 Å². The van der Waals surface area contributed by atoms with E-state index in [-0.39, 0.29) is 18.9 Å². The summed E-state index contributed by atoms with van der Waals surface area (Å²) in [4.78, 5) is 13.5. The normalized spacial score (nSPS) is 26.8. The van der Waals surface area contributed by atoms with Crippen molar-refractivity contribution in [2.45, 2.75) is 420 Å². The van der Waals surface area contributed by atoms with Crippen LogP contribution in [0.15, 0.2) is 60.8 Å². The van der Waals surface area contributed by atoms with Crippen molar-refractivity contribution in [2.24, 2.45) is 0 Å². The molecule has 3 heterocycles. The number of rotatable bonds is 64. The van der Waals surface area contributed by atoms with Gasteiger partial charge in [-0.3, -0.25) is 4.79 Å². The van der Waals surface area contributed by atoms with Crippen molar-refractivity contribution in [3.05, 3.63) is 60.8 Å². The molecule has 584 valence electrons. The average molecular weight is 1420 g/mol. The Balaban J connectivity index is 1.40. The van der Waals surface area contributed by atoms with Crippen LogP contribution in [0, 0.1) is 0 Å². The average Bonchev–Trinajstić information content (AvgIpc) is 0.783. The Labute approximate surface area is 605 Å². The fraction of sp³-hybridized carbons (Fsp3) is 0.864. The van der Waals surface area contributed by atoms with Gasteiger partial charge in [0.2, 0.25) is 5.91 Å². The van der Waals surface area contributed by atoms with Crippen molar-refractivity contribution in [1.82, 2.24) is 5.32 Å². The molecule has 0 spiro atoms. The third-order valence-corrected chi connectivity index (χ3v) is 20.0. The summed E-state index contributed by atoms with van der Waals surface area (Å²) in [6, 6.07) is -1.000. The molecule has 0 aromatic heterocycles. The van der Waals surface area contributed by atoms with E-state index in [4.69, 9.17) is 28.4 Å². The highest BCUT2D eigenvalue weighted by Crippen LogP contribution is 2.33. The zero-order valence-electron chi connectivity index (χ0n) is 62.4. The van der Waals surface area contributed by atoms with Gasteiger partial charge in [0.05, 0.1) is 38.6 Å². The van der Waals surface area contributed by atoms with Gasteiger partial charge in [0.1, 0.15) is 73.2 Å². The minimum Gasteiger partial charge on any atom is -0.394 e. The lowest BCUT2D eigenvalue weighted by Gasteiger charge is -2.48. The maximum absolute atomic E-state index is 13.5. The first-order valence-corrected chi connectivity index (χ1v) is 40.5. The van der Waals surface area contributed by atoms with E-state index in [1.165, 1.54) is 231 Å². The maximum Gasteiger partial charge on any atom is 0.220 e. The Morgan fingerprint density at radius 3 is 1.06 bits per heavy atom. The molecule has 3 aliphatic heterocycles. The van der Waals surface area contributed by atoms with Crippen LogP contribution in [-0.2, 0) is 33.2 Å². The number of carbonyl (C=O) groups is 1. The van der Waals surface area contributed by atoms with Gasteiger partial charge in [-0.15, -0.1) is 0 Å². The predicted octanol–water partition coefficient (Wildman–Crippen LogP) is 13.5. The van der Waals surface area contributed by atoms with Gasteiger partial charge in [-0.25, -0.2) is 0 Å². The summed E-state index contributed by atoms with van der Waals surface area (Å²) in [7, 11) is 0. The van der Waals surface area contributed by atoms with Gasteiger partial charge >= 0.3 is 0 Å². The van der Waals surface area contributed by atoms with Crippen LogP contribution in [0.25, 0.3) is 0 Å². The number of carbonyl (C=O) groups excluding carboxylic acids is 1. The SMILES string of the molecule is CCCCCCC/C=C\C/C=C\CCCCCCCCCCCCCCCCCC(=O)NC(COC1OC(CO)C(OC2OC(CO)C(OC3OC(CO)C(O)C(O)C3O)C(O)C2O)C(O)C1O)C(O)/C=C/CC/C=C/CC/C=C/CCCCCCCCCCCCCCCCCCCC. The number of hydrogen-bond donors (Lipinski definition) is 12. The monoisotopic (exact) mass is 1420 g/mol. The number of amides is 1. The molecule has 19 heteroatoms. The summed E-state index contributed by atoms with van der Waals surface area (Å²) in [6.07, 6.45) is 52.1. The second-order valence-corrected chi connectivity index (χ2v) is 28.9. The highest BCUT2D eigenvalue weighted by Gasteiger charge is 2.54. The minimum absolute atomic E-state index is 0.231. The van der Waals surface area contributed by atoms with Gasteiger partial charge in [0.15, 0.2) is 18.9 Å². The number of allylic oxidation sites excluding steroid dienone is 9. The number of aliphatic hydroxyl groups excluding tert-OH is 11. The molecule has 17 atom stereocenters. The first-order valence-electron chi connectivity index (χ1n) is 40.5. The van der Waals surface area contributed by atoms with Crippen molar-refractivity contribution < 1.29 is 89.4 Å². The fourth-order valence-corrected chi connectivity index (χ4v) is 13.5. The highest BCUT2D eigenvalue weighted by molar-refractivity contribution is 5.76. The number of nitrogens with one attached hydrogen (secondary N) is 1. The van der Waals surface area contributed by atoms with Crippen LogP contribution in [-0.4, -0.2) is 193 Å². The van der Waals surface area contributed by atoms with E-state index in [1.807, 2.05) is 6.08 Å². The van der Waals surface area contributed by atoms with E-state index < -0.39 is 124 Å². The standard InChI is InChI=1S/C81H147NO18/c1-3-5-7-9-11-13-15-17-19-21-23-25-27-29-31-33-34-36-38-40-42-44-46-48-50-52-54-56-58-65(86)64(82-69(87)59-57-55-53-51-49-47-45-43-41-39-37-35-32-30-28-26-24-22-20-18-16-14-12-10-8-6-4-2)63-95-79-75(93)72(90)77(67(61-84)97-79)100-81-76(94)73(91)78(68(62-85)98-81)99-80-74(92)71(89)70(88)66(60-83)96-80/h16,18,22,24,40,42,48,50,56,58,64-68,70-81,83-86,88-94H,3-15,17,19-21,23,25-39,41,43-47,49,51-55,57,59-63H2,1-2H3,(H,82,87)/b18-16-,24-22-,42-40+,50-48+,58-56+. The van der Waals surface area contributed by atoms with Crippen LogP contribution in [0.3, 0.4) is 0 Å². The van der Waals surface area contributed by atoms with E-state index >= 15 is 0 Å². The Morgan fingerprint density at radius 2 is 0.670 bits per heavy atom. The van der Waals surface area contributed by atoms with Crippen LogP contribution < -0.4 is 5.32 Å². The van der Waals surface area contributed by atoms with E-state index in [0.29, 0.717) is 12.8 Å². The lowest BCUT2D eigenvalue weighted by Crippen LogP contribution is -2.66. The third-order valence-electron chi connectivity index (χ3n) is 20.0. The number of aliphatic hydroxyl groups is 11. The van der Waals surface area contributed by atoms with Gasteiger partial charge in [-0.1, -0.05) is 293 Å². The lowest BCUT2D eigenvalue weighted by atomic mass is 9.96. The van der Waals surface area contributed by atoms with Gasteiger partial charge in [-0.05, 0) is 77.0 Å². The number of unbranched alkanes of at least 4 members (excludes halogenated alkanes) is 40. The molecule has 100 heavy (non-hydrogen) atoms. The fourth-order valence-electron chi connectivity index (χ4n) is 13.5. The minimum atomic E-state index is -1.98. The van der Waals surface area contributed by atoms with Crippen molar-refractivity contribution in [3.8, 4) is 0 Å². The second kappa shape index (κ2) is 61.6. The molecule has 3 rings (SSSR count). The molecule has 0 bridgehead atoms. The Morgan fingerprint density at radius 1 is 0.360 bits per heavy atom. The first-order chi connectivity index (χ1) is 48.8. The number of hydrogen-bond acceptors (Lipinski definition) is 18. The molecule has 17 unspecified atom stereocenters. The molecule has 3 aliphatic rings. The third kappa shape index (κ3) is 41.4. The maximum atomic E-state index is 13.5. The molecule has 1 amide bonds. The van der Waals surface area contributed by atoms with Crippen molar-refractivity contribution in [2.75, 3.05) is 26.4 Å². The first kappa shape index (κ1) is 91.7. The molecule has 0 aliphatic carbocycles. The summed E-state index contributed by atoms with van der Waals surface area (Å²) in [5, 5.41) is 121. The predicted molar refractivity (Wildman–Crippen MR) is 397 cm³/mol. The van der Waals surface area contributed by atoms with E-state index in [0.717, 1.165) is 51.4 Å².